The largest absolute Gasteiger partial charge is 0.508 e. The first-order valence-corrected chi connectivity index (χ1v) is 6.11. The third-order valence-electron chi connectivity index (χ3n) is 2.27. The Balaban J connectivity index is 1.97. The molecule has 1 aromatic carbocycles. The molecule has 0 bridgehead atoms. The van der Waals surface area contributed by atoms with Crippen LogP contribution in [-0.4, -0.2) is 39.4 Å². The van der Waals surface area contributed by atoms with E-state index in [0.717, 1.165) is 16.7 Å². The van der Waals surface area contributed by atoms with Gasteiger partial charge in [0.15, 0.2) is 0 Å². The van der Waals surface area contributed by atoms with Crippen LogP contribution in [0.5, 0.6) is 5.75 Å². The van der Waals surface area contributed by atoms with Crippen molar-refractivity contribution in [1.29, 1.82) is 0 Å². The molecule has 7 heteroatoms. The molecule has 1 heterocycles. The Morgan fingerprint density at radius 3 is 2.83 bits per heavy atom. The smallest absolute Gasteiger partial charge is 0.289 e. The fraction of sp³-hybridized carbons (Fsp3) is 0.182. The molecule has 2 N–H and O–H groups in total. The summed E-state index contributed by atoms with van der Waals surface area (Å²) in [7, 11) is 0. The van der Waals surface area contributed by atoms with Crippen molar-refractivity contribution >= 4 is 34.5 Å². The number of carbonyl (C=O) groups is 3. The summed E-state index contributed by atoms with van der Waals surface area (Å²) in [5.74, 6) is -0.740. The van der Waals surface area contributed by atoms with Crippen LogP contribution in [0.25, 0.3) is 0 Å². The van der Waals surface area contributed by atoms with Crippen molar-refractivity contribution in [3.8, 4) is 5.75 Å². The molecule has 0 unspecified atom stereocenters. The van der Waals surface area contributed by atoms with Crippen LogP contribution in [0.15, 0.2) is 24.3 Å². The number of imide groups is 1. The minimum Gasteiger partial charge on any atom is -0.508 e. The Bertz CT molecular complexity index is 502. The number of carbonyl (C=O) groups excluding carboxylic acids is 3. The topological polar surface area (TPSA) is 86.7 Å². The van der Waals surface area contributed by atoms with E-state index in [-0.39, 0.29) is 24.0 Å². The van der Waals surface area contributed by atoms with E-state index < -0.39 is 11.1 Å². The first-order chi connectivity index (χ1) is 8.56. The number of hydrogen-bond acceptors (Lipinski definition) is 5. The molecular formula is C11H10N2O4S. The molecule has 18 heavy (non-hydrogen) atoms. The molecule has 1 aromatic rings. The predicted octanol–water partition coefficient (Wildman–Crippen LogP) is 1.03. The Morgan fingerprint density at radius 2 is 2.22 bits per heavy atom. The zero-order valence-corrected chi connectivity index (χ0v) is 10.1. The van der Waals surface area contributed by atoms with E-state index in [1.165, 1.54) is 12.1 Å². The van der Waals surface area contributed by atoms with Gasteiger partial charge in [0.05, 0.1) is 5.75 Å². The molecule has 1 aliphatic heterocycles. The van der Waals surface area contributed by atoms with Crippen molar-refractivity contribution in [2.24, 2.45) is 0 Å². The van der Waals surface area contributed by atoms with Crippen LogP contribution >= 0.6 is 11.8 Å². The number of benzene rings is 1. The molecule has 0 radical (unpaired) electrons. The van der Waals surface area contributed by atoms with E-state index in [0.29, 0.717) is 5.69 Å². The Kier molecular flexibility index (Phi) is 3.52. The number of amides is 3. The van der Waals surface area contributed by atoms with Gasteiger partial charge in [0.1, 0.15) is 12.3 Å². The molecule has 0 spiro atoms. The highest BCUT2D eigenvalue weighted by Gasteiger charge is 2.31. The molecule has 3 amide bonds. The zero-order chi connectivity index (χ0) is 13.1. The van der Waals surface area contributed by atoms with Gasteiger partial charge in [0.2, 0.25) is 11.8 Å². The molecule has 1 fully saturated rings. The molecule has 2 rings (SSSR count). The normalized spacial score (nSPS) is 15.0. The fourth-order valence-electron chi connectivity index (χ4n) is 1.46. The van der Waals surface area contributed by atoms with E-state index in [4.69, 9.17) is 0 Å². The maximum Gasteiger partial charge on any atom is 0.289 e. The number of nitrogens with zero attached hydrogens (tertiary/aromatic N) is 1. The van der Waals surface area contributed by atoms with Crippen LogP contribution < -0.4 is 5.32 Å². The maximum absolute atomic E-state index is 11.6. The summed E-state index contributed by atoms with van der Waals surface area (Å²) < 4.78 is 0. The second kappa shape index (κ2) is 5.09. The number of phenols is 1. The van der Waals surface area contributed by atoms with Crippen molar-refractivity contribution < 1.29 is 19.5 Å². The van der Waals surface area contributed by atoms with E-state index in [9.17, 15) is 19.5 Å². The summed E-state index contributed by atoms with van der Waals surface area (Å²) in [6.45, 7) is -0.305. The van der Waals surface area contributed by atoms with Gasteiger partial charge in [-0.25, -0.2) is 0 Å². The van der Waals surface area contributed by atoms with Crippen molar-refractivity contribution in [2.45, 2.75) is 0 Å². The van der Waals surface area contributed by atoms with Crippen molar-refractivity contribution in [3.05, 3.63) is 24.3 Å². The van der Waals surface area contributed by atoms with Gasteiger partial charge in [-0.3, -0.25) is 19.3 Å². The Hall–Kier alpha value is -2.02. The van der Waals surface area contributed by atoms with Gasteiger partial charge in [-0.05, 0) is 12.1 Å². The average molecular weight is 266 g/mol. The van der Waals surface area contributed by atoms with E-state index in [1.54, 1.807) is 12.1 Å². The highest BCUT2D eigenvalue weighted by Crippen LogP contribution is 2.19. The van der Waals surface area contributed by atoms with Gasteiger partial charge in [-0.15, -0.1) is 0 Å². The zero-order valence-electron chi connectivity index (χ0n) is 9.25. The lowest BCUT2D eigenvalue weighted by atomic mass is 10.3. The molecule has 0 atom stereocenters. The van der Waals surface area contributed by atoms with Crippen LogP contribution in [0.3, 0.4) is 0 Å². The summed E-state index contributed by atoms with van der Waals surface area (Å²) in [5, 5.41) is 11.3. The summed E-state index contributed by atoms with van der Waals surface area (Å²) in [6, 6.07) is 6.02. The van der Waals surface area contributed by atoms with Crippen LogP contribution in [0.4, 0.5) is 10.5 Å². The molecule has 0 aromatic heterocycles. The Morgan fingerprint density at radius 1 is 1.44 bits per heavy atom. The minimum absolute atomic E-state index is 0.0247. The number of hydrogen-bond donors (Lipinski definition) is 2. The second-order valence-corrected chi connectivity index (χ2v) is 4.56. The number of thioether (sulfide) groups is 1. The molecule has 0 aliphatic carbocycles. The second-order valence-electron chi connectivity index (χ2n) is 3.63. The summed E-state index contributed by atoms with van der Waals surface area (Å²) in [6.07, 6.45) is 0. The van der Waals surface area contributed by atoms with Gasteiger partial charge in [0, 0.05) is 11.8 Å². The summed E-state index contributed by atoms with van der Waals surface area (Å²) in [5.41, 5.74) is 0.409. The Labute approximate surface area is 107 Å². The van der Waals surface area contributed by atoms with Crippen LogP contribution in [-0.2, 0) is 9.59 Å². The van der Waals surface area contributed by atoms with E-state index >= 15 is 0 Å². The quantitative estimate of drug-likeness (QED) is 0.853. The predicted molar refractivity (Wildman–Crippen MR) is 66.3 cm³/mol. The number of nitrogens with one attached hydrogen (secondary N) is 1. The highest BCUT2D eigenvalue weighted by molar-refractivity contribution is 8.14. The van der Waals surface area contributed by atoms with Gasteiger partial charge in [0.25, 0.3) is 5.24 Å². The number of phenolic OH excluding ortho intramolecular Hbond substituents is 1. The first-order valence-electron chi connectivity index (χ1n) is 5.12. The van der Waals surface area contributed by atoms with E-state index in [2.05, 4.69) is 5.32 Å². The minimum atomic E-state index is -0.482. The number of rotatable bonds is 3. The summed E-state index contributed by atoms with van der Waals surface area (Å²) >= 11 is 0.882. The van der Waals surface area contributed by atoms with Crippen molar-refractivity contribution in [1.82, 2.24) is 4.90 Å². The van der Waals surface area contributed by atoms with Gasteiger partial charge >= 0.3 is 0 Å². The van der Waals surface area contributed by atoms with Crippen LogP contribution in [0, 0.1) is 0 Å². The maximum atomic E-state index is 11.6. The molecule has 94 valence electrons. The lowest BCUT2D eigenvalue weighted by molar-refractivity contribution is -0.128. The van der Waals surface area contributed by atoms with Crippen molar-refractivity contribution in [2.75, 3.05) is 17.6 Å². The third kappa shape index (κ3) is 2.80. The first kappa shape index (κ1) is 12.4. The highest BCUT2D eigenvalue weighted by atomic mass is 32.2. The number of aromatic hydroxyl groups is 1. The van der Waals surface area contributed by atoms with Gasteiger partial charge < -0.3 is 10.4 Å². The van der Waals surface area contributed by atoms with Gasteiger partial charge in [-0.2, -0.15) is 0 Å². The number of anilines is 1. The molecule has 1 saturated heterocycles. The molecule has 0 saturated carbocycles. The fourth-order valence-corrected chi connectivity index (χ4v) is 2.19. The molecular weight excluding hydrogens is 256 g/mol. The third-order valence-corrected chi connectivity index (χ3v) is 3.13. The SMILES string of the molecule is O=C(CN1C(=O)CSC1=O)Nc1cccc(O)c1. The van der Waals surface area contributed by atoms with Crippen molar-refractivity contribution in [3.63, 3.8) is 0 Å². The molecule has 6 nitrogen and oxygen atoms in total. The van der Waals surface area contributed by atoms with Crippen LogP contribution in [0.1, 0.15) is 0 Å². The average Bonchev–Trinajstić information content (AvgIpc) is 2.61. The lowest BCUT2D eigenvalue weighted by Crippen LogP contribution is -2.36. The standard InChI is InChI=1S/C11H10N2O4S/c14-8-3-1-2-7(4-8)12-9(15)5-13-10(16)6-18-11(13)17/h1-4,14H,5-6H2,(H,12,15). The van der Waals surface area contributed by atoms with Gasteiger partial charge in [-0.1, -0.05) is 17.8 Å². The van der Waals surface area contributed by atoms with E-state index in [1.807, 2.05) is 0 Å². The molecule has 1 aliphatic rings. The monoisotopic (exact) mass is 266 g/mol. The van der Waals surface area contributed by atoms with Crippen LogP contribution in [0.2, 0.25) is 0 Å². The summed E-state index contributed by atoms with van der Waals surface area (Å²) in [4.78, 5) is 35.1. The lowest BCUT2D eigenvalue weighted by Gasteiger charge is -2.12.